The van der Waals surface area contributed by atoms with Gasteiger partial charge in [0.05, 0.1) is 48.0 Å². The Labute approximate surface area is 396 Å². The lowest BCUT2D eigenvalue weighted by atomic mass is 10.1. The first-order valence-corrected chi connectivity index (χ1v) is 25.6. The number of halogens is 2. The monoisotopic (exact) mass is 1010 g/mol. The fraction of sp³-hybridized carbons (Fsp3) is 0.174. The van der Waals surface area contributed by atoms with Crippen LogP contribution in [0.2, 0.25) is 0 Å². The zero-order valence-electron chi connectivity index (χ0n) is 35.4. The van der Waals surface area contributed by atoms with Gasteiger partial charge in [-0.2, -0.15) is 8.42 Å². The van der Waals surface area contributed by atoms with Crippen molar-refractivity contribution in [1.82, 2.24) is 0 Å². The predicted molar refractivity (Wildman–Crippen MR) is 255 cm³/mol. The summed E-state index contributed by atoms with van der Waals surface area (Å²) < 4.78 is 92.9. The first-order valence-electron chi connectivity index (χ1n) is 19.8. The summed E-state index contributed by atoms with van der Waals surface area (Å²) in [7, 11) is -11.8. The second-order valence-electron chi connectivity index (χ2n) is 14.2. The molecule has 7 aromatic rings. The number of aliphatic hydroxyl groups excluding tert-OH is 1. The Morgan fingerprint density at radius 1 is 0.552 bits per heavy atom. The molecule has 0 spiro atoms. The predicted octanol–water partition coefficient (Wildman–Crippen LogP) is 9.33. The standard InChI is InChI=1S/C26H23NO8S2.C19H17NO6S.CH2Cl2/c1-19-9-12-23(13-10-19)37(32,33)35-16-15-34-22-11-14-25(27(28)29)21(17-22)18-36(30,31)26-8-4-6-20-5-2-3-7-24(20)26;21-10-11-26-16-8-9-18(20(22)23)15(12-16)13-27(24,25)19-7-3-5-14-4-1-2-6-17(14)19;2-1-3/h2-14,17H,15-16,18H2,1H3;1-9,12,21H,10-11,13H2;1H2. The molecule has 0 bridgehead atoms. The molecular formula is C46H42Cl2N2O14S3. The van der Waals surface area contributed by atoms with Crippen LogP contribution < -0.4 is 9.47 Å². The Morgan fingerprint density at radius 3 is 1.40 bits per heavy atom. The maximum Gasteiger partial charge on any atom is 0.297 e. The molecule has 0 aliphatic carbocycles. The van der Waals surface area contributed by atoms with Gasteiger partial charge in [-0.05, 0) is 66.2 Å². The average Bonchev–Trinajstić information content (AvgIpc) is 3.29. The summed E-state index contributed by atoms with van der Waals surface area (Å²) in [6.07, 6.45) is 0. The van der Waals surface area contributed by atoms with Crippen LogP contribution in [0.15, 0.2) is 160 Å². The van der Waals surface area contributed by atoms with Crippen LogP contribution >= 0.6 is 23.2 Å². The molecule has 0 saturated heterocycles. The van der Waals surface area contributed by atoms with Crippen LogP contribution in [0.4, 0.5) is 11.4 Å². The molecule has 21 heteroatoms. The number of sulfone groups is 2. The normalized spacial score (nSPS) is 11.5. The highest BCUT2D eigenvalue weighted by atomic mass is 35.5. The number of hydrogen-bond acceptors (Lipinski definition) is 14. The number of fused-ring (bicyclic) bond motifs is 2. The number of benzene rings is 7. The number of nitro benzene ring substituents is 2. The number of nitrogens with zero attached hydrogens (tertiary/aromatic N) is 2. The highest BCUT2D eigenvalue weighted by molar-refractivity contribution is 7.91. The fourth-order valence-electron chi connectivity index (χ4n) is 6.63. The summed E-state index contributed by atoms with van der Waals surface area (Å²) >= 11 is 9.53. The van der Waals surface area contributed by atoms with E-state index in [4.69, 9.17) is 42.0 Å². The molecule has 0 aromatic heterocycles. The number of rotatable bonds is 17. The van der Waals surface area contributed by atoms with Gasteiger partial charge in [0.2, 0.25) is 0 Å². The molecule has 0 heterocycles. The minimum atomic E-state index is -3.98. The SMILES string of the molecule is Cc1ccc(S(=O)(=O)OCCOc2ccc([N+](=O)[O-])c(CS(=O)(=O)c3cccc4ccccc34)c2)cc1.ClCCl.O=[N+]([O-])c1ccc(OCCO)cc1CS(=O)(=O)c1cccc2ccccc12. The summed E-state index contributed by atoms with van der Waals surface area (Å²) in [6.45, 7) is 1.13. The molecule has 0 radical (unpaired) electrons. The lowest BCUT2D eigenvalue weighted by molar-refractivity contribution is -0.385. The smallest absolute Gasteiger partial charge is 0.297 e. The summed E-state index contributed by atoms with van der Waals surface area (Å²) in [6, 6.07) is 37.7. The lowest BCUT2D eigenvalue weighted by Crippen LogP contribution is -2.13. The van der Waals surface area contributed by atoms with Crippen LogP contribution in [-0.2, 0) is 45.5 Å². The first kappa shape index (κ1) is 51.8. The van der Waals surface area contributed by atoms with Crippen molar-refractivity contribution in [3.05, 3.63) is 183 Å². The lowest BCUT2D eigenvalue weighted by Gasteiger charge is -2.11. The van der Waals surface area contributed by atoms with Gasteiger partial charge in [0.1, 0.15) is 31.3 Å². The molecule has 0 fully saturated rings. The molecule has 0 amide bonds. The van der Waals surface area contributed by atoms with Crippen molar-refractivity contribution in [1.29, 1.82) is 0 Å². The van der Waals surface area contributed by atoms with Gasteiger partial charge < -0.3 is 14.6 Å². The van der Waals surface area contributed by atoms with Crippen LogP contribution in [0.1, 0.15) is 16.7 Å². The molecule has 0 aliphatic heterocycles. The third kappa shape index (κ3) is 13.9. The van der Waals surface area contributed by atoms with E-state index in [1.165, 1.54) is 54.6 Å². The summed E-state index contributed by atoms with van der Waals surface area (Å²) in [5, 5.41) is 34.5. The van der Waals surface area contributed by atoms with E-state index in [0.717, 1.165) is 22.4 Å². The van der Waals surface area contributed by atoms with Gasteiger partial charge >= 0.3 is 0 Å². The van der Waals surface area contributed by atoms with E-state index < -0.39 is 51.1 Å². The van der Waals surface area contributed by atoms with E-state index >= 15 is 0 Å². The van der Waals surface area contributed by atoms with Crippen molar-refractivity contribution < 1.29 is 53.9 Å². The van der Waals surface area contributed by atoms with E-state index in [2.05, 4.69) is 0 Å². The molecule has 0 atom stereocenters. The van der Waals surface area contributed by atoms with Crippen molar-refractivity contribution in [3.63, 3.8) is 0 Å². The number of alkyl halides is 2. The van der Waals surface area contributed by atoms with Crippen LogP contribution in [0.5, 0.6) is 11.5 Å². The van der Waals surface area contributed by atoms with E-state index in [-0.39, 0.29) is 80.5 Å². The van der Waals surface area contributed by atoms with Gasteiger partial charge in [0.25, 0.3) is 21.5 Å². The van der Waals surface area contributed by atoms with Gasteiger partial charge in [-0.15, -0.1) is 23.2 Å². The average molecular weight is 1010 g/mol. The van der Waals surface area contributed by atoms with E-state index in [0.29, 0.717) is 10.8 Å². The molecule has 352 valence electrons. The van der Waals surface area contributed by atoms with Crippen LogP contribution in [0, 0.1) is 27.2 Å². The second-order valence-corrected chi connectivity index (χ2v) is 20.5. The zero-order chi connectivity index (χ0) is 48.8. The number of nitro groups is 2. The number of aryl methyl sites for hydroxylation is 1. The molecule has 0 aliphatic rings. The number of ether oxygens (including phenoxy) is 2. The number of hydrogen-bond donors (Lipinski definition) is 1. The van der Waals surface area contributed by atoms with Gasteiger partial charge in [0.15, 0.2) is 19.7 Å². The molecule has 7 aromatic carbocycles. The highest BCUT2D eigenvalue weighted by Gasteiger charge is 2.26. The van der Waals surface area contributed by atoms with Crippen LogP contribution in [-0.4, -0.2) is 72.0 Å². The van der Waals surface area contributed by atoms with Gasteiger partial charge in [0, 0.05) is 34.0 Å². The second kappa shape index (κ2) is 23.5. The molecule has 67 heavy (non-hydrogen) atoms. The van der Waals surface area contributed by atoms with Gasteiger partial charge in [-0.3, -0.25) is 24.4 Å². The summed E-state index contributed by atoms with van der Waals surface area (Å²) in [4.78, 5) is 21.8. The highest BCUT2D eigenvalue weighted by Crippen LogP contribution is 2.33. The van der Waals surface area contributed by atoms with Crippen molar-refractivity contribution >= 4 is 85.9 Å². The summed E-state index contributed by atoms with van der Waals surface area (Å²) in [5.74, 6) is -0.747. The maximum atomic E-state index is 13.3. The molecule has 0 unspecified atom stereocenters. The van der Waals surface area contributed by atoms with Crippen molar-refractivity contribution in [2.24, 2.45) is 0 Å². The quantitative estimate of drug-likeness (QED) is 0.0294. The zero-order valence-corrected chi connectivity index (χ0v) is 39.4. The maximum absolute atomic E-state index is 13.3. The summed E-state index contributed by atoms with van der Waals surface area (Å²) in [5.41, 5.74) is 0.218. The van der Waals surface area contributed by atoms with E-state index in [1.807, 2.05) is 13.0 Å². The molecule has 1 N–H and O–H groups in total. The van der Waals surface area contributed by atoms with Crippen molar-refractivity contribution in [2.75, 3.05) is 31.8 Å². The third-order valence-corrected chi connectivity index (χ3v) is 14.4. The fourth-order valence-corrected chi connectivity index (χ4v) is 10.7. The topological polar surface area (TPSA) is 237 Å². The Bertz CT molecular complexity index is 3200. The van der Waals surface area contributed by atoms with Gasteiger partial charge in [-0.1, -0.05) is 90.5 Å². The van der Waals surface area contributed by atoms with E-state index in [9.17, 15) is 45.5 Å². The molecule has 16 nitrogen and oxygen atoms in total. The minimum absolute atomic E-state index is 0.00727. The largest absolute Gasteiger partial charge is 0.491 e. The van der Waals surface area contributed by atoms with Crippen LogP contribution in [0.25, 0.3) is 21.5 Å². The van der Waals surface area contributed by atoms with Crippen molar-refractivity contribution in [3.8, 4) is 11.5 Å². The van der Waals surface area contributed by atoms with Gasteiger partial charge in [-0.25, -0.2) is 16.8 Å². The Kier molecular flexibility index (Phi) is 18.2. The molecule has 0 saturated carbocycles. The first-order chi connectivity index (χ1) is 31.9. The Morgan fingerprint density at radius 2 is 0.970 bits per heavy atom. The Hall–Kier alpha value is -6.19. The number of aliphatic hydroxyl groups is 1. The molecule has 7 rings (SSSR count). The molecular weight excluding hydrogens is 972 g/mol. The third-order valence-electron chi connectivity index (χ3n) is 9.62. The van der Waals surface area contributed by atoms with Crippen LogP contribution in [0.3, 0.4) is 0 Å². The van der Waals surface area contributed by atoms with Crippen molar-refractivity contribution in [2.45, 2.75) is 33.1 Å². The minimum Gasteiger partial charge on any atom is -0.491 e. The Balaban J connectivity index is 0.000000247. The van der Waals surface area contributed by atoms with E-state index in [1.54, 1.807) is 78.9 Å².